The maximum absolute atomic E-state index is 12.5. The summed E-state index contributed by atoms with van der Waals surface area (Å²) in [6, 6.07) is 6.54. The van der Waals surface area contributed by atoms with Crippen molar-refractivity contribution in [1.29, 1.82) is 0 Å². The van der Waals surface area contributed by atoms with Gasteiger partial charge < -0.3 is 14.1 Å². The Morgan fingerprint density at radius 1 is 1.25 bits per heavy atom. The van der Waals surface area contributed by atoms with Gasteiger partial charge in [-0.2, -0.15) is 0 Å². The molecule has 1 saturated heterocycles. The second kappa shape index (κ2) is 5.13. The van der Waals surface area contributed by atoms with Crippen LogP contribution in [0.15, 0.2) is 33.5 Å². The number of nitrogens with zero attached hydrogens (tertiary/aromatic N) is 2. The van der Waals surface area contributed by atoms with Crippen molar-refractivity contribution >= 4 is 17.0 Å². The van der Waals surface area contributed by atoms with E-state index in [0.29, 0.717) is 37.4 Å². The average molecular weight is 276 g/mol. The van der Waals surface area contributed by atoms with E-state index >= 15 is 0 Å². The number of fused-ring (bicyclic) bond motifs is 1. The number of morpholine rings is 1. The normalized spacial score (nSPS) is 17.4. The van der Waals surface area contributed by atoms with Gasteiger partial charge in [0.1, 0.15) is 6.04 Å². The lowest BCUT2D eigenvalue weighted by molar-refractivity contribution is -0.138. The Balaban J connectivity index is 1.95. The SMILES string of the molecule is CC(C(=O)N1CCOCC1)n1c(=O)oc2ccccc21. The highest BCUT2D eigenvalue weighted by Gasteiger charge is 2.26. The van der Waals surface area contributed by atoms with Crippen LogP contribution in [0.3, 0.4) is 0 Å². The average Bonchev–Trinajstić information content (AvgIpc) is 2.82. The van der Waals surface area contributed by atoms with Gasteiger partial charge in [0.15, 0.2) is 5.58 Å². The Hall–Kier alpha value is -2.08. The van der Waals surface area contributed by atoms with E-state index in [-0.39, 0.29) is 5.91 Å². The lowest BCUT2D eigenvalue weighted by Gasteiger charge is -2.29. The molecule has 0 radical (unpaired) electrons. The summed E-state index contributed by atoms with van der Waals surface area (Å²) in [6.07, 6.45) is 0. The maximum atomic E-state index is 12.5. The van der Waals surface area contributed by atoms with Crippen LogP contribution in [0.25, 0.3) is 11.1 Å². The Bertz CT molecular complexity index is 682. The van der Waals surface area contributed by atoms with Gasteiger partial charge >= 0.3 is 5.76 Å². The molecule has 0 saturated carbocycles. The van der Waals surface area contributed by atoms with Gasteiger partial charge in [-0.25, -0.2) is 4.79 Å². The predicted molar refractivity (Wildman–Crippen MR) is 72.6 cm³/mol. The van der Waals surface area contributed by atoms with E-state index in [1.165, 1.54) is 4.57 Å². The summed E-state index contributed by atoms with van der Waals surface area (Å²) in [5.74, 6) is -0.581. The Labute approximate surface area is 115 Å². The summed E-state index contributed by atoms with van der Waals surface area (Å²) >= 11 is 0. The molecular formula is C14H16N2O4. The second-order valence-electron chi connectivity index (χ2n) is 4.82. The smallest absolute Gasteiger partial charge is 0.408 e. The largest absolute Gasteiger partial charge is 0.420 e. The van der Waals surface area contributed by atoms with Crippen LogP contribution in [0.5, 0.6) is 0 Å². The number of carbonyl (C=O) groups excluding carboxylic acids is 1. The van der Waals surface area contributed by atoms with Gasteiger partial charge in [-0.15, -0.1) is 0 Å². The van der Waals surface area contributed by atoms with Gasteiger partial charge in [0.2, 0.25) is 5.91 Å². The number of hydrogen-bond acceptors (Lipinski definition) is 4. The van der Waals surface area contributed by atoms with Gasteiger partial charge in [0.05, 0.1) is 18.7 Å². The molecule has 1 atom stereocenters. The molecule has 1 aromatic carbocycles. The van der Waals surface area contributed by atoms with Crippen molar-refractivity contribution in [3.8, 4) is 0 Å². The number of ether oxygens (including phenoxy) is 1. The van der Waals surface area contributed by atoms with Gasteiger partial charge in [-0.1, -0.05) is 12.1 Å². The van der Waals surface area contributed by atoms with Crippen molar-refractivity contribution in [2.45, 2.75) is 13.0 Å². The number of para-hydroxylation sites is 2. The molecule has 3 rings (SSSR count). The van der Waals surface area contributed by atoms with Crippen molar-refractivity contribution in [3.63, 3.8) is 0 Å². The number of rotatable bonds is 2. The second-order valence-corrected chi connectivity index (χ2v) is 4.82. The zero-order valence-electron chi connectivity index (χ0n) is 11.2. The van der Waals surface area contributed by atoms with Crippen molar-refractivity contribution in [3.05, 3.63) is 34.8 Å². The molecule has 6 nitrogen and oxygen atoms in total. The highest BCUT2D eigenvalue weighted by Crippen LogP contribution is 2.18. The minimum Gasteiger partial charge on any atom is -0.408 e. The van der Waals surface area contributed by atoms with Crippen molar-refractivity contribution in [2.24, 2.45) is 0 Å². The van der Waals surface area contributed by atoms with Crippen LogP contribution in [-0.4, -0.2) is 41.7 Å². The van der Waals surface area contributed by atoms with Gasteiger partial charge in [-0.05, 0) is 19.1 Å². The summed E-state index contributed by atoms with van der Waals surface area (Å²) in [7, 11) is 0. The topological polar surface area (TPSA) is 64.7 Å². The molecule has 0 bridgehead atoms. The summed E-state index contributed by atoms with van der Waals surface area (Å²) in [5.41, 5.74) is 1.14. The van der Waals surface area contributed by atoms with Crippen LogP contribution in [0.1, 0.15) is 13.0 Å². The summed E-state index contributed by atoms with van der Waals surface area (Å²) in [5, 5.41) is 0. The highest BCUT2D eigenvalue weighted by atomic mass is 16.5. The minimum absolute atomic E-state index is 0.0815. The zero-order valence-corrected chi connectivity index (χ0v) is 11.2. The third-order valence-corrected chi connectivity index (χ3v) is 3.59. The molecule has 1 fully saturated rings. The number of carbonyl (C=O) groups is 1. The molecule has 6 heteroatoms. The van der Waals surface area contributed by atoms with Crippen molar-refractivity contribution in [1.82, 2.24) is 9.47 Å². The van der Waals surface area contributed by atoms with Crippen LogP contribution >= 0.6 is 0 Å². The molecule has 0 aliphatic carbocycles. The van der Waals surface area contributed by atoms with Crippen molar-refractivity contribution < 1.29 is 13.9 Å². The minimum atomic E-state index is -0.579. The molecule has 1 aliphatic rings. The van der Waals surface area contributed by atoms with E-state index in [1.807, 2.05) is 6.07 Å². The van der Waals surface area contributed by atoms with Crippen LogP contribution in [0, 0.1) is 0 Å². The fraction of sp³-hybridized carbons (Fsp3) is 0.429. The first-order valence-electron chi connectivity index (χ1n) is 6.65. The Morgan fingerprint density at radius 2 is 1.95 bits per heavy atom. The maximum Gasteiger partial charge on any atom is 0.420 e. The Morgan fingerprint density at radius 3 is 2.70 bits per heavy atom. The first-order chi connectivity index (χ1) is 9.68. The molecule has 106 valence electrons. The van der Waals surface area contributed by atoms with E-state index in [2.05, 4.69) is 0 Å². The monoisotopic (exact) mass is 276 g/mol. The molecule has 20 heavy (non-hydrogen) atoms. The molecule has 0 N–H and O–H groups in total. The first kappa shape index (κ1) is 12.9. The molecule has 1 unspecified atom stereocenters. The first-order valence-corrected chi connectivity index (χ1v) is 6.65. The number of benzene rings is 1. The molecule has 2 heterocycles. The van der Waals surface area contributed by atoms with E-state index in [1.54, 1.807) is 30.0 Å². The van der Waals surface area contributed by atoms with E-state index in [9.17, 15) is 9.59 Å². The lowest BCUT2D eigenvalue weighted by Crippen LogP contribution is -2.44. The number of aromatic nitrogens is 1. The lowest BCUT2D eigenvalue weighted by atomic mass is 10.2. The quantitative estimate of drug-likeness (QED) is 0.821. The van der Waals surface area contributed by atoms with Crippen LogP contribution < -0.4 is 5.76 Å². The van der Waals surface area contributed by atoms with Gasteiger partial charge in [0.25, 0.3) is 0 Å². The van der Waals surface area contributed by atoms with E-state index in [4.69, 9.17) is 9.15 Å². The number of hydrogen-bond donors (Lipinski definition) is 0. The summed E-state index contributed by atoms with van der Waals surface area (Å²) in [4.78, 5) is 26.2. The number of oxazole rings is 1. The fourth-order valence-electron chi connectivity index (χ4n) is 2.51. The third-order valence-electron chi connectivity index (χ3n) is 3.59. The fourth-order valence-corrected chi connectivity index (χ4v) is 2.51. The summed E-state index contributed by atoms with van der Waals surface area (Å²) < 4.78 is 11.8. The third kappa shape index (κ3) is 2.12. The molecule has 2 aromatic rings. The molecule has 1 amide bonds. The standard InChI is InChI=1S/C14H16N2O4/c1-10(13(17)15-6-8-19-9-7-15)16-11-4-2-3-5-12(11)20-14(16)18/h2-5,10H,6-9H2,1H3. The van der Waals surface area contributed by atoms with Crippen LogP contribution in [-0.2, 0) is 9.53 Å². The zero-order chi connectivity index (χ0) is 14.1. The molecular weight excluding hydrogens is 260 g/mol. The van der Waals surface area contributed by atoms with Gasteiger partial charge in [-0.3, -0.25) is 9.36 Å². The number of amides is 1. The van der Waals surface area contributed by atoms with Crippen molar-refractivity contribution in [2.75, 3.05) is 26.3 Å². The van der Waals surface area contributed by atoms with E-state index in [0.717, 1.165) is 0 Å². The summed E-state index contributed by atoms with van der Waals surface area (Å²) in [6.45, 7) is 3.93. The van der Waals surface area contributed by atoms with E-state index < -0.39 is 11.8 Å². The van der Waals surface area contributed by atoms with Crippen LogP contribution in [0.2, 0.25) is 0 Å². The molecule has 1 aliphatic heterocycles. The Kier molecular flexibility index (Phi) is 3.31. The van der Waals surface area contributed by atoms with Gasteiger partial charge in [0, 0.05) is 13.1 Å². The predicted octanol–water partition coefficient (Wildman–Crippen LogP) is 1.01. The molecule has 1 aromatic heterocycles. The van der Waals surface area contributed by atoms with Crippen LogP contribution in [0.4, 0.5) is 0 Å². The molecule has 0 spiro atoms. The highest BCUT2D eigenvalue weighted by molar-refractivity contribution is 5.83.